The lowest BCUT2D eigenvalue weighted by Gasteiger charge is -2.20. The molecule has 0 saturated heterocycles. The average molecular weight is 362 g/mol. The fraction of sp³-hybridized carbons (Fsp3) is 0.556. The van der Waals surface area contributed by atoms with Crippen LogP contribution in [0.2, 0.25) is 0 Å². The molecule has 2 fully saturated rings. The molecule has 0 radical (unpaired) electrons. The minimum absolute atomic E-state index is 0.0324. The molecule has 1 aromatic rings. The van der Waals surface area contributed by atoms with Gasteiger partial charge in [-0.15, -0.1) is 0 Å². The standard InChI is InChI=1S/C18H22N2O6/c1-25-14-4-5-15(16(9-14)20(23)24)19-17(21)10-26-18(22)8-13-7-11-2-3-12(13)6-11/h4-5,9,11-13H,2-3,6-8,10H2,1H3,(H,19,21)/t11-,12-,13-/m0/s1. The molecular weight excluding hydrogens is 340 g/mol. The number of fused-ring (bicyclic) bond motifs is 2. The second kappa shape index (κ2) is 7.72. The molecule has 140 valence electrons. The Morgan fingerprint density at radius 1 is 1.31 bits per heavy atom. The van der Waals surface area contributed by atoms with Gasteiger partial charge in [0.25, 0.3) is 11.6 Å². The highest BCUT2D eigenvalue weighted by Crippen LogP contribution is 2.49. The normalized spacial score (nSPS) is 23.5. The number of carbonyl (C=O) groups is 2. The Labute approximate surface area is 151 Å². The number of esters is 1. The van der Waals surface area contributed by atoms with Crippen LogP contribution < -0.4 is 10.1 Å². The van der Waals surface area contributed by atoms with Gasteiger partial charge in [0.15, 0.2) is 6.61 Å². The van der Waals surface area contributed by atoms with Gasteiger partial charge in [-0.1, -0.05) is 6.42 Å². The summed E-state index contributed by atoms with van der Waals surface area (Å²) in [5.41, 5.74) is -0.254. The molecule has 3 atom stereocenters. The highest BCUT2D eigenvalue weighted by Gasteiger charge is 2.40. The number of benzene rings is 1. The molecule has 1 amide bonds. The summed E-state index contributed by atoms with van der Waals surface area (Å²) in [7, 11) is 1.40. The van der Waals surface area contributed by atoms with Gasteiger partial charge in [0.2, 0.25) is 0 Å². The number of nitrogens with zero attached hydrogens (tertiary/aromatic N) is 1. The summed E-state index contributed by atoms with van der Waals surface area (Å²) >= 11 is 0. The first-order valence-electron chi connectivity index (χ1n) is 8.74. The van der Waals surface area contributed by atoms with Crippen molar-refractivity contribution in [2.75, 3.05) is 19.0 Å². The molecule has 2 aliphatic carbocycles. The number of nitro benzene ring substituents is 1. The molecule has 0 aromatic heterocycles. The predicted molar refractivity (Wildman–Crippen MR) is 92.8 cm³/mol. The Bertz CT molecular complexity index is 720. The van der Waals surface area contributed by atoms with E-state index >= 15 is 0 Å². The van der Waals surface area contributed by atoms with E-state index in [9.17, 15) is 19.7 Å². The van der Waals surface area contributed by atoms with Gasteiger partial charge in [-0.2, -0.15) is 0 Å². The maximum absolute atomic E-state index is 12.0. The van der Waals surface area contributed by atoms with Crippen LogP contribution in [-0.4, -0.2) is 30.5 Å². The number of nitro groups is 1. The molecule has 0 unspecified atom stereocenters. The van der Waals surface area contributed by atoms with Crippen LogP contribution in [0.25, 0.3) is 0 Å². The minimum Gasteiger partial charge on any atom is -0.496 e. The van der Waals surface area contributed by atoms with Crippen molar-refractivity contribution in [3.05, 3.63) is 28.3 Å². The van der Waals surface area contributed by atoms with Gasteiger partial charge >= 0.3 is 5.97 Å². The molecule has 1 N–H and O–H groups in total. The smallest absolute Gasteiger partial charge is 0.306 e. The molecular formula is C18H22N2O6. The number of amides is 1. The zero-order valence-corrected chi connectivity index (χ0v) is 14.6. The van der Waals surface area contributed by atoms with E-state index in [2.05, 4.69) is 5.32 Å². The van der Waals surface area contributed by atoms with E-state index in [1.54, 1.807) is 0 Å². The summed E-state index contributed by atoms with van der Waals surface area (Å²) in [4.78, 5) is 34.4. The number of methoxy groups -OCH3 is 1. The van der Waals surface area contributed by atoms with Crippen molar-refractivity contribution in [3.63, 3.8) is 0 Å². The quantitative estimate of drug-likeness (QED) is 0.454. The van der Waals surface area contributed by atoms with Crippen LogP contribution in [0.4, 0.5) is 11.4 Å². The first kappa shape index (κ1) is 18.2. The van der Waals surface area contributed by atoms with E-state index in [1.165, 1.54) is 44.6 Å². The van der Waals surface area contributed by atoms with Gasteiger partial charge in [0, 0.05) is 6.42 Å². The number of anilines is 1. The molecule has 3 rings (SSSR count). The van der Waals surface area contributed by atoms with E-state index in [1.807, 2.05) is 0 Å². The van der Waals surface area contributed by atoms with Crippen molar-refractivity contribution < 1.29 is 24.0 Å². The van der Waals surface area contributed by atoms with E-state index in [-0.39, 0.29) is 17.3 Å². The highest BCUT2D eigenvalue weighted by molar-refractivity contribution is 5.95. The largest absolute Gasteiger partial charge is 0.496 e. The van der Waals surface area contributed by atoms with Crippen molar-refractivity contribution in [2.24, 2.45) is 17.8 Å². The first-order valence-corrected chi connectivity index (χ1v) is 8.74. The molecule has 1 aromatic carbocycles. The SMILES string of the molecule is COc1ccc(NC(=O)COC(=O)C[C@@H]2C[C@H]3CC[C@H]2C3)c([N+](=O)[O-])c1. The maximum Gasteiger partial charge on any atom is 0.306 e. The second-order valence-electron chi connectivity index (χ2n) is 6.99. The Balaban J connectivity index is 1.49. The van der Waals surface area contributed by atoms with Gasteiger partial charge in [-0.25, -0.2) is 0 Å². The van der Waals surface area contributed by atoms with Crippen LogP contribution in [0.1, 0.15) is 32.1 Å². The first-order chi connectivity index (χ1) is 12.5. The van der Waals surface area contributed by atoms with Crippen molar-refractivity contribution >= 4 is 23.3 Å². The van der Waals surface area contributed by atoms with Crippen molar-refractivity contribution in [1.82, 2.24) is 0 Å². The van der Waals surface area contributed by atoms with Crippen molar-refractivity contribution in [3.8, 4) is 5.75 Å². The van der Waals surface area contributed by atoms with Gasteiger partial charge in [-0.3, -0.25) is 19.7 Å². The molecule has 0 heterocycles. The van der Waals surface area contributed by atoms with Gasteiger partial charge < -0.3 is 14.8 Å². The molecule has 2 bridgehead atoms. The van der Waals surface area contributed by atoms with E-state index in [0.29, 0.717) is 24.0 Å². The lowest BCUT2D eigenvalue weighted by atomic mass is 9.86. The van der Waals surface area contributed by atoms with Crippen molar-refractivity contribution in [2.45, 2.75) is 32.1 Å². The number of carbonyl (C=O) groups excluding carboxylic acids is 2. The van der Waals surface area contributed by atoms with Crippen LogP contribution in [0.15, 0.2) is 18.2 Å². The highest BCUT2D eigenvalue weighted by atomic mass is 16.6. The van der Waals surface area contributed by atoms with Crippen molar-refractivity contribution in [1.29, 1.82) is 0 Å². The average Bonchev–Trinajstić information content (AvgIpc) is 3.23. The minimum atomic E-state index is -0.612. The summed E-state index contributed by atoms with van der Waals surface area (Å²) in [6, 6.07) is 4.10. The second-order valence-corrected chi connectivity index (χ2v) is 6.99. The number of hydrogen-bond acceptors (Lipinski definition) is 6. The Morgan fingerprint density at radius 2 is 2.12 bits per heavy atom. The van der Waals surface area contributed by atoms with E-state index in [4.69, 9.17) is 9.47 Å². The fourth-order valence-corrected chi connectivity index (χ4v) is 4.13. The Morgan fingerprint density at radius 3 is 2.73 bits per heavy atom. The van der Waals surface area contributed by atoms with Crippen LogP contribution in [-0.2, 0) is 14.3 Å². The van der Waals surface area contributed by atoms with Crippen LogP contribution in [0.5, 0.6) is 5.75 Å². The summed E-state index contributed by atoms with van der Waals surface area (Å²) in [5.74, 6) is 1.04. The van der Waals surface area contributed by atoms with E-state index < -0.39 is 17.4 Å². The van der Waals surface area contributed by atoms with E-state index in [0.717, 1.165) is 12.3 Å². The molecule has 0 spiro atoms. The number of ether oxygens (including phenoxy) is 2. The zero-order chi connectivity index (χ0) is 18.7. The summed E-state index contributed by atoms with van der Waals surface area (Å²) < 4.78 is 9.99. The Kier molecular flexibility index (Phi) is 5.39. The monoisotopic (exact) mass is 362 g/mol. The Hall–Kier alpha value is -2.64. The van der Waals surface area contributed by atoms with Gasteiger partial charge in [0.05, 0.1) is 18.1 Å². The summed E-state index contributed by atoms with van der Waals surface area (Å²) in [6.07, 6.45) is 5.07. The fourth-order valence-electron chi connectivity index (χ4n) is 4.13. The number of hydrogen-bond donors (Lipinski definition) is 1. The molecule has 2 saturated carbocycles. The molecule has 26 heavy (non-hydrogen) atoms. The topological polar surface area (TPSA) is 108 Å². The zero-order valence-electron chi connectivity index (χ0n) is 14.6. The lowest BCUT2D eigenvalue weighted by Crippen LogP contribution is -2.23. The summed E-state index contributed by atoms with van der Waals surface area (Å²) in [5, 5.41) is 13.5. The molecule has 0 aliphatic heterocycles. The maximum atomic E-state index is 12.0. The third-order valence-corrected chi connectivity index (χ3v) is 5.35. The predicted octanol–water partition coefficient (Wildman–Crippen LogP) is 2.91. The van der Waals surface area contributed by atoms with Crippen LogP contribution in [0.3, 0.4) is 0 Å². The number of nitrogens with one attached hydrogen (secondary N) is 1. The third-order valence-electron chi connectivity index (χ3n) is 5.35. The van der Waals surface area contributed by atoms with Gasteiger partial charge in [-0.05, 0) is 49.1 Å². The molecule has 2 aliphatic rings. The number of rotatable bonds is 7. The molecule has 8 nitrogen and oxygen atoms in total. The molecule has 8 heteroatoms. The van der Waals surface area contributed by atoms with Crippen LogP contribution in [0, 0.1) is 27.9 Å². The van der Waals surface area contributed by atoms with Gasteiger partial charge in [0.1, 0.15) is 11.4 Å². The lowest BCUT2D eigenvalue weighted by molar-refractivity contribution is -0.384. The third kappa shape index (κ3) is 4.12. The summed E-state index contributed by atoms with van der Waals surface area (Å²) in [6.45, 7) is -0.456. The van der Waals surface area contributed by atoms with Crippen LogP contribution >= 0.6 is 0 Å².